The lowest BCUT2D eigenvalue weighted by Crippen LogP contribution is -2.04. The predicted molar refractivity (Wildman–Crippen MR) is 211 cm³/mol. The molecule has 5 heteroatoms. The van der Waals surface area contributed by atoms with Gasteiger partial charge in [0.15, 0.2) is 0 Å². The number of hydrogen-bond acceptors (Lipinski definition) is 4. The molecule has 0 unspecified atom stereocenters. The topological polar surface area (TPSA) is 51.6 Å². The molecule has 6 rings (SSSR count). The van der Waals surface area contributed by atoms with Crippen molar-refractivity contribution in [2.45, 2.75) is 41.5 Å². The second-order valence-electron chi connectivity index (χ2n) is 13.1. The van der Waals surface area contributed by atoms with Crippen LogP contribution in [0.4, 0.5) is 0 Å². The zero-order valence-electron chi connectivity index (χ0n) is 29.8. The highest BCUT2D eigenvalue weighted by Crippen LogP contribution is 2.73. The van der Waals surface area contributed by atoms with Crippen LogP contribution in [0.15, 0.2) is 138 Å². The molecule has 0 saturated heterocycles. The van der Waals surface area contributed by atoms with Crippen molar-refractivity contribution in [3.63, 3.8) is 0 Å². The van der Waals surface area contributed by atoms with Gasteiger partial charge in [0.1, 0.15) is 0 Å². The number of benzene rings is 1. The van der Waals surface area contributed by atoms with E-state index in [4.69, 9.17) is 16.5 Å². The number of aromatic nitrogens is 4. The molecule has 246 valence electrons. The van der Waals surface area contributed by atoms with Gasteiger partial charge in [-0.25, -0.2) is 9.97 Å². The van der Waals surface area contributed by atoms with Crippen molar-refractivity contribution in [2.24, 2.45) is 0 Å². The first kappa shape index (κ1) is 33.8. The molecule has 0 amide bonds. The van der Waals surface area contributed by atoms with Crippen LogP contribution in [0.3, 0.4) is 0 Å². The van der Waals surface area contributed by atoms with Gasteiger partial charge in [0, 0.05) is 33.4 Å². The van der Waals surface area contributed by atoms with Gasteiger partial charge in [0.05, 0.1) is 34.2 Å². The highest BCUT2D eigenvalue weighted by Gasteiger charge is 2.42. The summed E-state index contributed by atoms with van der Waals surface area (Å²) in [7, 11) is -1.74. The van der Waals surface area contributed by atoms with Gasteiger partial charge in [-0.2, -0.15) is 10.0 Å². The zero-order chi connectivity index (χ0) is 34.9. The van der Waals surface area contributed by atoms with Gasteiger partial charge in [-0.05, 0) is 130 Å². The number of nitrogens with zero attached hydrogens (tertiary/aromatic N) is 4. The van der Waals surface area contributed by atoms with E-state index in [9.17, 15) is 0 Å². The smallest absolute Gasteiger partial charge is 0.0893 e. The summed E-state index contributed by atoms with van der Waals surface area (Å²) < 4.78 is 0. The van der Waals surface area contributed by atoms with E-state index in [0.717, 1.165) is 50.9 Å². The Kier molecular flexibility index (Phi) is 9.49. The number of rotatable bonds is 8. The Labute approximate surface area is 293 Å². The highest BCUT2D eigenvalue weighted by atomic mass is 32.3. The molecule has 0 bridgehead atoms. The van der Waals surface area contributed by atoms with E-state index >= 15 is 0 Å². The van der Waals surface area contributed by atoms with E-state index in [2.05, 4.69) is 113 Å². The Hall–Kier alpha value is -5.13. The lowest BCUT2D eigenvalue weighted by atomic mass is 9.83. The maximum Gasteiger partial charge on any atom is 0.0893 e. The lowest BCUT2D eigenvalue weighted by Gasteiger charge is -2.33. The van der Waals surface area contributed by atoms with Gasteiger partial charge in [-0.15, -0.1) is 0 Å². The minimum absolute atomic E-state index is 0.843. The fourth-order valence-corrected chi connectivity index (χ4v) is 9.79. The van der Waals surface area contributed by atoms with Crippen molar-refractivity contribution in [1.29, 1.82) is 0 Å². The van der Waals surface area contributed by atoms with Crippen LogP contribution in [0, 0.1) is 20.8 Å². The van der Waals surface area contributed by atoms with Crippen LogP contribution in [-0.4, -0.2) is 32.4 Å². The van der Waals surface area contributed by atoms with Crippen LogP contribution in [-0.2, 0) is 0 Å². The SMILES string of the molecule is C=C(C1=C(c2cccc(-c3ccccn3)n2)S(C)(C)C(c2cccc(-c3ccccn3)n2)=C1c1c(C)cc(C)cc1C)/C(C)=C\C(C)=C/C. The number of pyridine rings is 4. The Bertz CT molecular complexity index is 2180. The zero-order valence-corrected chi connectivity index (χ0v) is 30.6. The summed E-state index contributed by atoms with van der Waals surface area (Å²) in [4.78, 5) is 22.4. The third-order valence-corrected chi connectivity index (χ3v) is 12.0. The molecule has 1 aliphatic rings. The lowest BCUT2D eigenvalue weighted by molar-refractivity contribution is 1.23. The molecule has 4 nitrogen and oxygen atoms in total. The summed E-state index contributed by atoms with van der Waals surface area (Å²) in [6, 6.07) is 29.1. The van der Waals surface area contributed by atoms with E-state index in [-0.39, 0.29) is 0 Å². The second-order valence-corrected chi connectivity index (χ2v) is 16.6. The molecule has 5 aromatic rings. The average molecular weight is 661 g/mol. The molecule has 0 N–H and O–H groups in total. The van der Waals surface area contributed by atoms with Gasteiger partial charge < -0.3 is 0 Å². The monoisotopic (exact) mass is 660 g/mol. The van der Waals surface area contributed by atoms with Gasteiger partial charge in [0.25, 0.3) is 0 Å². The third kappa shape index (κ3) is 6.51. The normalized spacial score (nSPS) is 15.5. The predicted octanol–water partition coefficient (Wildman–Crippen LogP) is 11.4. The van der Waals surface area contributed by atoms with E-state index in [0.29, 0.717) is 0 Å². The Morgan fingerprint density at radius 2 is 1.14 bits per heavy atom. The van der Waals surface area contributed by atoms with E-state index in [1.807, 2.05) is 60.9 Å². The molecule has 0 atom stereocenters. The molecule has 1 aliphatic heterocycles. The van der Waals surface area contributed by atoms with E-state index in [1.165, 1.54) is 43.2 Å². The quantitative estimate of drug-likeness (QED) is 0.155. The fourth-order valence-electron chi connectivity index (χ4n) is 6.86. The minimum Gasteiger partial charge on any atom is -0.255 e. The van der Waals surface area contributed by atoms with Crippen LogP contribution in [0.2, 0.25) is 0 Å². The molecule has 0 fully saturated rings. The van der Waals surface area contributed by atoms with Gasteiger partial charge >= 0.3 is 0 Å². The van der Waals surface area contributed by atoms with Crippen molar-refractivity contribution in [2.75, 3.05) is 12.5 Å². The van der Waals surface area contributed by atoms with Crippen LogP contribution in [0.5, 0.6) is 0 Å². The molecule has 0 spiro atoms. The standard InChI is InChI=1S/C44H44N4S/c1-10-28(2)25-30(4)33(7)41-42(40-31(5)26-29(3)27-32(40)6)44(39-22-16-20-37(48-39)35-18-12-14-24-46-35)49(8,9)43(41)38-21-15-19-36(47-38)34-17-11-13-23-45-34/h10-27H,7H2,1-6,8-9H3/b28-10-,30-25-. The molecular formula is C44H44N4S. The Morgan fingerprint density at radius 1 is 0.653 bits per heavy atom. The molecule has 5 heterocycles. The van der Waals surface area contributed by atoms with Crippen LogP contribution < -0.4 is 0 Å². The highest BCUT2D eigenvalue weighted by molar-refractivity contribution is 8.47. The number of hydrogen-bond donors (Lipinski definition) is 0. The summed E-state index contributed by atoms with van der Waals surface area (Å²) >= 11 is 0. The molecule has 49 heavy (non-hydrogen) atoms. The van der Waals surface area contributed by atoms with Crippen molar-refractivity contribution < 1.29 is 0 Å². The summed E-state index contributed by atoms with van der Waals surface area (Å²) in [5, 5.41) is 0. The maximum atomic E-state index is 5.36. The van der Waals surface area contributed by atoms with Gasteiger partial charge in [-0.1, -0.05) is 66.3 Å². The largest absolute Gasteiger partial charge is 0.255 e. The molecule has 1 aromatic carbocycles. The first-order valence-corrected chi connectivity index (χ1v) is 19.0. The van der Waals surface area contributed by atoms with Crippen LogP contribution in [0.1, 0.15) is 54.4 Å². The van der Waals surface area contributed by atoms with Crippen molar-refractivity contribution in [3.8, 4) is 22.8 Å². The summed E-state index contributed by atoms with van der Waals surface area (Å²) in [6.07, 6.45) is 12.8. The van der Waals surface area contributed by atoms with Gasteiger partial charge in [-0.3, -0.25) is 9.97 Å². The fraction of sp³-hybridized carbons (Fsp3) is 0.182. The molecule has 4 aromatic heterocycles. The third-order valence-electron chi connectivity index (χ3n) is 9.15. The van der Waals surface area contributed by atoms with Crippen LogP contribution >= 0.6 is 10.0 Å². The van der Waals surface area contributed by atoms with Crippen LogP contribution in [0.25, 0.3) is 38.2 Å². The van der Waals surface area contributed by atoms with Crippen molar-refractivity contribution in [3.05, 3.63) is 172 Å². The summed E-state index contributed by atoms with van der Waals surface area (Å²) in [5.41, 5.74) is 15.8. The first-order chi connectivity index (χ1) is 23.5. The Balaban J connectivity index is 1.73. The maximum absolute atomic E-state index is 5.36. The molecular weight excluding hydrogens is 617 g/mol. The Morgan fingerprint density at radius 3 is 1.63 bits per heavy atom. The van der Waals surface area contributed by atoms with E-state index < -0.39 is 10.0 Å². The number of allylic oxidation sites excluding steroid dienone is 7. The molecule has 0 aliphatic carbocycles. The number of aryl methyl sites for hydroxylation is 3. The van der Waals surface area contributed by atoms with Gasteiger partial charge in [0.2, 0.25) is 0 Å². The molecule has 0 saturated carbocycles. The van der Waals surface area contributed by atoms with Crippen molar-refractivity contribution >= 4 is 25.4 Å². The summed E-state index contributed by atoms with van der Waals surface area (Å²) in [5.74, 6) is 0. The second kappa shape index (κ2) is 13.8. The molecule has 0 radical (unpaired) electrons. The minimum atomic E-state index is -1.74. The summed E-state index contributed by atoms with van der Waals surface area (Å²) in [6.45, 7) is 17.9. The van der Waals surface area contributed by atoms with Crippen molar-refractivity contribution in [1.82, 2.24) is 19.9 Å². The first-order valence-electron chi connectivity index (χ1n) is 16.6. The van der Waals surface area contributed by atoms with E-state index in [1.54, 1.807) is 0 Å². The average Bonchev–Trinajstić information content (AvgIpc) is 3.34.